The minimum Gasteiger partial charge on any atom is -0.357 e. The van der Waals surface area contributed by atoms with Crippen molar-refractivity contribution in [3.05, 3.63) is 24.3 Å². The minimum atomic E-state index is -3.40. The van der Waals surface area contributed by atoms with Gasteiger partial charge in [-0.2, -0.15) is 0 Å². The number of nitrogens with zero attached hydrogens (tertiary/aromatic N) is 2. The quantitative estimate of drug-likeness (QED) is 0.706. The minimum absolute atomic E-state index is 0.107. The molecule has 3 rings (SSSR count). The molecule has 1 saturated carbocycles. The Balaban J connectivity index is 1.57. The third-order valence-corrected chi connectivity index (χ3v) is 6.34. The molecule has 0 aliphatic heterocycles. The van der Waals surface area contributed by atoms with Crippen LogP contribution >= 0.6 is 23.1 Å². The average molecular weight is 385 g/mol. The summed E-state index contributed by atoms with van der Waals surface area (Å²) in [6.45, 7) is 0. The number of carbonyl (C=O) groups is 1. The lowest BCUT2D eigenvalue weighted by molar-refractivity contribution is -0.113. The van der Waals surface area contributed by atoms with Crippen LogP contribution in [-0.4, -0.2) is 42.6 Å². The number of hydrogen-bond donors (Lipinski definition) is 2. The number of para-hydroxylation sites is 1. The van der Waals surface area contributed by atoms with Gasteiger partial charge in [-0.1, -0.05) is 35.2 Å². The summed E-state index contributed by atoms with van der Waals surface area (Å²) in [5.74, 6) is -0.154. The lowest BCUT2D eigenvalue weighted by Crippen LogP contribution is -2.16. The summed E-state index contributed by atoms with van der Waals surface area (Å²) in [5.41, 5.74) is 0.291. The highest BCUT2D eigenvalue weighted by molar-refractivity contribution is 8.01. The summed E-state index contributed by atoms with van der Waals surface area (Å²) in [6, 6.07) is 6.85. The predicted molar refractivity (Wildman–Crippen MR) is 95.5 cm³/mol. The Morgan fingerprint density at radius 2 is 2.08 bits per heavy atom. The molecule has 1 heterocycles. The van der Waals surface area contributed by atoms with Crippen molar-refractivity contribution in [3.63, 3.8) is 0 Å². The Morgan fingerprint density at radius 1 is 1.33 bits per heavy atom. The van der Waals surface area contributed by atoms with Crippen molar-refractivity contribution in [2.45, 2.75) is 28.1 Å². The molecule has 1 aromatic heterocycles. The molecule has 1 fully saturated rings. The first kappa shape index (κ1) is 17.2. The summed E-state index contributed by atoms with van der Waals surface area (Å²) < 4.78 is 24.2. The number of nitrogens with one attached hydrogen (secondary N) is 2. The maximum Gasteiger partial charge on any atom is 0.234 e. The van der Waals surface area contributed by atoms with E-state index in [4.69, 9.17) is 0 Å². The highest BCUT2D eigenvalue weighted by Gasteiger charge is 2.22. The number of amides is 1. The zero-order valence-electron chi connectivity index (χ0n) is 12.9. The first-order chi connectivity index (χ1) is 11.4. The smallest absolute Gasteiger partial charge is 0.234 e. The molecule has 10 heteroatoms. The molecule has 1 aromatic carbocycles. The van der Waals surface area contributed by atoms with E-state index in [-0.39, 0.29) is 16.6 Å². The lowest BCUT2D eigenvalue weighted by atomic mass is 10.3. The molecule has 0 atom stereocenters. The van der Waals surface area contributed by atoms with Crippen LogP contribution < -0.4 is 10.6 Å². The molecule has 24 heavy (non-hydrogen) atoms. The van der Waals surface area contributed by atoms with Gasteiger partial charge in [0.05, 0.1) is 16.3 Å². The Morgan fingerprint density at radius 3 is 2.79 bits per heavy atom. The molecule has 2 N–H and O–H groups in total. The van der Waals surface area contributed by atoms with E-state index in [0.717, 1.165) is 24.2 Å². The molecule has 0 unspecified atom stereocenters. The summed E-state index contributed by atoms with van der Waals surface area (Å²) >= 11 is 2.68. The van der Waals surface area contributed by atoms with E-state index in [9.17, 15) is 13.2 Å². The average Bonchev–Trinajstić information content (AvgIpc) is 3.21. The molecule has 0 saturated heterocycles. The van der Waals surface area contributed by atoms with Gasteiger partial charge >= 0.3 is 0 Å². The maximum atomic E-state index is 12.1. The van der Waals surface area contributed by atoms with E-state index in [1.807, 2.05) is 0 Å². The molecule has 128 valence electrons. The van der Waals surface area contributed by atoms with Crippen LogP contribution in [0.5, 0.6) is 0 Å². The lowest BCUT2D eigenvalue weighted by Gasteiger charge is -2.08. The third-order valence-electron chi connectivity index (χ3n) is 3.20. The molecule has 0 radical (unpaired) electrons. The highest BCUT2D eigenvalue weighted by atomic mass is 32.2. The fourth-order valence-electron chi connectivity index (χ4n) is 1.94. The second kappa shape index (κ2) is 7.08. The Labute approximate surface area is 148 Å². The van der Waals surface area contributed by atoms with Crippen molar-refractivity contribution in [2.75, 3.05) is 22.6 Å². The van der Waals surface area contributed by atoms with Gasteiger partial charge in [-0.3, -0.25) is 4.79 Å². The standard InChI is InChI=1S/C14H16N4O3S3/c1-24(20,21)11-5-3-2-4-10(11)16-12(19)8-22-14-18-17-13(23-14)15-9-6-7-9/h2-5,9H,6-8H2,1H3,(H,15,17)(H,16,19). The number of anilines is 2. The number of carbonyl (C=O) groups excluding carboxylic acids is 1. The summed E-state index contributed by atoms with van der Waals surface area (Å²) in [7, 11) is -3.40. The van der Waals surface area contributed by atoms with Crippen LogP contribution in [0.4, 0.5) is 10.8 Å². The number of rotatable bonds is 7. The van der Waals surface area contributed by atoms with Crippen LogP contribution in [-0.2, 0) is 14.6 Å². The van der Waals surface area contributed by atoms with Crippen molar-refractivity contribution in [2.24, 2.45) is 0 Å². The maximum absolute atomic E-state index is 12.1. The van der Waals surface area contributed by atoms with Gasteiger partial charge in [0.25, 0.3) is 0 Å². The van der Waals surface area contributed by atoms with E-state index < -0.39 is 9.84 Å². The summed E-state index contributed by atoms with van der Waals surface area (Å²) in [5, 5.41) is 14.7. The summed E-state index contributed by atoms with van der Waals surface area (Å²) in [4.78, 5) is 12.2. The van der Waals surface area contributed by atoms with Crippen LogP contribution in [0, 0.1) is 0 Å². The number of sulfone groups is 1. The van der Waals surface area contributed by atoms with Crippen molar-refractivity contribution in [1.29, 1.82) is 0 Å². The Kier molecular flexibility index (Phi) is 5.07. The normalized spacial score (nSPS) is 14.4. The van der Waals surface area contributed by atoms with Gasteiger partial charge in [-0.25, -0.2) is 8.42 Å². The molecule has 0 spiro atoms. The second-order valence-electron chi connectivity index (χ2n) is 5.40. The second-order valence-corrected chi connectivity index (χ2v) is 9.58. The van der Waals surface area contributed by atoms with Crippen LogP contribution in [0.2, 0.25) is 0 Å². The number of thioether (sulfide) groups is 1. The van der Waals surface area contributed by atoms with E-state index in [0.29, 0.717) is 16.1 Å². The number of aromatic nitrogens is 2. The van der Waals surface area contributed by atoms with Crippen LogP contribution in [0.15, 0.2) is 33.5 Å². The van der Waals surface area contributed by atoms with Crippen molar-refractivity contribution in [1.82, 2.24) is 10.2 Å². The molecular weight excluding hydrogens is 368 g/mol. The zero-order valence-corrected chi connectivity index (χ0v) is 15.3. The van der Waals surface area contributed by atoms with E-state index in [1.54, 1.807) is 18.2 Å². The molecule has 0 bridgehead atoms. The highest BCUT2D eigenvalue weighted by Crippen LogP contribution is 2.30. The van der Waals surface area contributed by atoms with Gasteiger partial charge in [0.1, 0.15) is 0 Å². The first-order valence-corrected chi connectivity index (χ1v) is 10.9. The van der Waals surface area contributed by atoms with Gasteiger partial charge in [-0.15, -0.1) is 10.2 Å². The molecule has 7 nitrogen and oxygen atoms in total. The fourth-order valence-corrected chi connectivity index (χ4v) is 4.41. The largest absolute Gasteiger partial charge is 0.357 e. The number of benzene rings is 1. The zero-order chi connectivity index (χ0) is 17.2. The van der Waals surface area contributed by atoms with Crippen molar-refractivity contribution in [3.8, 4) is 0 Å². The van der Waals surface area contributed by atoms with E-state index in [2.05, 4.69) is 20.8 Å². The van der Waals surface area contributed by atoms with Gasteiger partial charge in [0.2, 0.25) is 11.0 Å². The Hall–Kier alpha value is -1.65. The van der Waals surface area contributed by atoms with E-state index in [1.165, 1.54) is 29.2 Å². The summed E-state index contributed by atoms with van der Waals surface area (Å²) in [6.07, 6.45) is 3.43. The third kappa shape index (κ3) is 4.68. The van der Waals surface area contributed by atoms with Crippen LogP contribution in [0.25, 0.3) is 0 Å². The fraction of sp³-hybridized carbons (Fsp3) is 0.357. The number of hydrogen-bond acceptors (Lipinski definition) is 8. The van der Waals surface area contributed by atoms with Crippen molar-refractivity contribution >= 4 is 49.7 Å². The topological polar surface area (TPSA) is 101 Å². The van der Waals surface area contributed by atoms with Gasteiger partial charge in [0, 0.05) is 12.3 Å². The van der Waals surface area contributed by atoms with Crippen LogP contribution in [0.1, 0.15) is 12.8 Å². The van der Waals surface area contributed by atoms with E-state index >= 15 is 0 Å². The van der Waals surface area contributed by atoms with Gasteiger partial charge in [-0.05, 0) is 25.0 Å². The predicted octanol–water partition coefficient (Wildman–Crippen LogP) is 2.25. The monoisotopic (exact) mass is 384 g/mol. The van der Waals surface area contributed by atoms with Crippen LogP contribution in [0.3, 0.4) is 0 Å². The van der Waals surface area contributed by atoms with Gasteiger partial charge in [0.15, 0.2) is 14.2 Å². The van der Waals surface area contributed by atoms with Gasteiger partial charge < -0.3 is 10.6 Å². The molecule has 1 aliphatic carbocycles. The Bertz CT molecular complexity index is 846. The molecular formula is C14H16N4O3S3. The SMILES string of the molecule is CS(=O)(=O)c1ccccc1NC(=O)CSc1nnc(NC2CC2)s1. The molecule has 1 amide bonds. The van der Waals surface area contributed by atoms with Crippen molar-refractivity contribution < 1.29 is 13.2 Å². The molecule has 1 aliphatic rings. The molecule has 2 aromatic rings. The first-order valence-electron chi connectivity index (χ1n) is 7.23.